The van der Waals surface area contributed by atoms with Crippen LogP contribution in [0.3, 0.4) is 0 Å². The summed E-state index contributed by atoms with van der Waals surface area (Å²) in [6.45, 7) is 4.29. The molecule has 0 saturated carbocycles. The van der Waals surface area contributed by atoms with Crippen LogP contribution in [0.25, 0.3) is 0 Å². The van der Waals surface area contributed by atoms with Crippen LogP contribution in [0, 0.1) is 0 Å². The summed E-state index contributed by atoms with van der Waals surface area (Å²) in [5.74, 6) is 0. The fraction of sp³-hybridized carbons (Fsp3) is 0.625. The molecule has 62 valence electrons. The van der Waals surface area contributed by atoms with Crippen molar-refractivity contribution >= 4 is 6.09 Å². The highest BCUT2D eigenvalue weighted by atomic mass is 16.4. The summed E-state index contributed by atoms with van der Waals surface area (Å²) in [7, 11) is 0. The van der Waals surface area contributed by atoms with E-state index >= 15 is 0 Å². The van der Waals surface area contributed by atoms with E-state index in [-0.39, 0.29) is 6.04 Å². The van der Waals surface area contributed by atoms with Crippen LogP contribution in [0.15, 0.2) is 12.7 Å². The lowest BCUT2D eigenvalue weighted by molar-refractivity contribution is 0.140. The number of nitrogens with zero attached hydrogens (tertiary/aromatic N) is 1. The Morgan fingerprint density at radius 3 is 3.09 bits per heavy atom. The first kappa shape index (κ1) is 8.11. The van der Waals surface area contributed by atoms with Crippen LogP contribution < -0.4 is 0 Å². The first-order valence-corrected chi connectivity index (χ1v) is 3.86. The SMILES string of the molecule is C=CC[C@@H]1CCCN1C(=O)O. The normalized spacial score (nSPS) is 23.6. The zero-order valence-corrected chi connectivity index (χ0v) is 6.49. The summed E-state index contributed by atoms with van der Waals surface area (Å²) in [6, 6.07) is 0.185. The molecule has 0 aliphatic carbocycles. The van der Waals surface area contributed by atoms with Crippen LogP contribution in [0.4, 0.5) is 4.79 Å². The van der Waals surface area contributed by atoms with E-state index in [2.05, 4.69) is 6.58 Å². The van der Waals surface area contributed by atoms with Gasteiger partial charge in [0.1, 0.15) is 0 Å². The molecule has 1 aliphatic heterocycles. The summed E-state index contributed by atoms with van der Waals surface area (Å²) < 4.78 is 0. The van der Waals surface area contributed by atoms with Gasteiger partial charge in [0.2, 0.25) is 0 Å². The van der Waals surface area contributed by atoms with Gasteiger partial charge in [-0.25, -0.2) is 4.79 Å². The van der Waals surface area contributed by atoms with Gasteiger partial charge in [-0.15, -0.1) is 6.58 Å². The molecule has 1 fully saturated rings. The largest absolute Gasteiger partial charge is 0.465 e. The van der Waals surface area contributed by atoms with E-state index in [1.807, 2.05) is 0 Å². The van der Waals surface area contributed by atoms with Crippen molar-refractivity contribution in [1.82, 2.24) is 4.90 Å². The molecule has 3 nitrogen and oxygen atoms in total. The van der Waals surface area contributed by atoms with E-state index in [0.717, 1.165) is 19.3 Å². The van der Waals surface area contributed by atoms with Gasteiger partial charge in [-0.05, 0) is 19.3 Å². The average Bonchev–Trinajstić information content (AvgIpc) is 2.36. The van der Waals surface area contributed by atoms with Crippen molar-refractivity contribution in [2.24, 2.45) is 0 Å². The highest BCUT2D eigenvalue weighted by Crippen LogP contribution is 2.19. The quantitative estimate of drug-likeness (QED) is 0.616. The molecule has 0 spiro atoms. The lowest BCUT2D eigenvalue weighted by Crippen LogP contribution is -2.33. The predicted octanol–water partition coefficient (Wildman–Crippen LogP) is 1.70. The third kappa shape index (κ3) is 1.73. The van der Waals surface area contributed by atoms with Crippen LogP contribution in [0.2, 0.25) is 0 Å². The van der Waals surface area contributed by atoms with Gasteiger partial charge in [0, 0.05) is 12.6 Å². The highest BCUT2D eigenvalue weighted by molar-refractivity contribution is 5.65. The molecular weight excluding hydrogens is 142 g/mol. The molecule has 3 heteroatoms. The van der Waals surface area contributed by atoms with E-state index in [4.69, 9.17) is 5.11 Å². The van der Waals surface area contributed by atoms with E-state index in [1.165, 1.54) is 4.90 Å². The molecule has 0 aromatic rings. The van der Waals surface area contributed by atoms with Crippen molar-refractivity contribution in [3.63, 3.8) is 0 Å². The minimum atomic E-state index is -0.797. The van der Waals surface area contributed by atoms with Gasteiger partial charge in [0.15, 0.2) is 0 Å². The van der Waals surface area contributed by atoms with Gasteiger partial charge >= 0.3 is 6.09 Å². The second-order valence-electron chi connectivity index (χ2n) is 2.80. The summed E-state index contributed by atoms with van der Waals surface area (Å²) in [5, 5.41) is 8.70. The maximum atomic E-state index is 10.6. The molecular formula is C8H13NO2. The number of carbonyl (C=O) groups is 1. The molecule has 1 rings (SSSR count). The van der Waals surface area contributed by atoms with E-state index in [1.54, 1.807) is 6.08 Å². The minimum Gasteiger partial charge on any atom is -0.465 e. The molecule has 0 aromatic heterocycles. The summed E-state index contributed by atoms with van der Waals surface area (Å²) >= 11 is 0. The average molecular weight is 155 g/mol. The second-order valence-corrected chi connectivity index (χ2v) is 2.80. The van der Waals surface area contributed by atoms with Crippen LogP contribution in [0.5, 0.6) is 0 Å². The summed E-state index contributed by atoms with van der Waals surface area (Å²) in [6.07, 6.45) is 3.75. The Morgan fingerprint density at radius 1 is 1.82 bits per heavy atom. The number of carboxylic acid groups (broad SMARTS) is 1. The standard InChI is InChI=1S/C8H13NO2/c1-2-4-7-5-3-6-9(7)8(10)11/h2,7H,1,3-6H2,(H,10,11)/t7-/m1/s1. The third-order valence-electron chi connectivity index (χ3n) is 2.06. The lowest BCUT2D eigenvalue weighted by atomic mass is 10.1. The molecule has 0 aromatic carbocycles. The topological polar surface area (TPSA) is 40.5 Å². The zero-order chi connectivity index (χ0) is 8.27. The van der Waals surface area contributed by atoms with Crippen molar-refractivity contribution in [3.8, 4) is 0 Å². The van der Waals surface area contributed by atoms with E-state index in [9.17, 15) is 4.79 Å². The molecule has 1 heterocycles. The second kappa shape index (κ2) is 3.42. The van der Waals surface area contributed by atoms with Crippen LogP contribution in [-0.2, 0) is 0 Å². The number of hydrogen-bond acceptors (Lipinski definition) is 1. The van der Waals surface area contributed by atoms with Crippen molar-refractivity contribution < 1.29 is 9.90 Å². The van der Waals surface area contributed by atoms with Gasteiger partial charge in [-0.1, -0.05) is 6.08 Å². The Bertz CT molecular complexity index is 167. The first-order chi connectivity index (χ1) is 5.25. The van der Waals surface area contributed by atoms with Crippen molar-refractivity contribution in [2.75, 3.05) is 6.54 Å². The Hall–Kier alpha value is -0.990. The Kier molecular flexibility index (Phi) is 2.52. The number of likely N-dealkylation sites (tertiary alicyclic amines) is 1. The number of amides is 1. The Morgan fingerprint density at radius 2 is 2.55 bits per heavy atom. The fourth-order valence-electron chi connectivity index (χ4n) is 1.52. The van der Waals surface area contributed by atoms with Crippen molar-refractivity contribution in [2.45, 2.75) is 25.3 Å². The molecule has 11 heavy (non-hydrogen) atoms. The van der Waals surface area contributed by atoms with Crippen LogP contribution >= 0.6 is 0 Å². The first-order valence-electron chi connectivity index (χ1n) is 3.86. The Labute approximate surface area is 66.3 Å². The van der Waals surface area contributed by atoms with Crippen molar-refractivity contribution in [1.29, 1.82) is 0 Å². The summed E-state index contributed by atoms with van der Waals surface area (Å²) in [4.78, 5) is 12.1. The highest BCUT2D eigenvalue weighted by Gasteiger charge is 2.26. The minimum absolute atomic E-state index is 0.185. The van der Waals surface area contributed by atoms with Gasteiger partial charge in [-0.2, -0.15) is 0 Å². The molecule has 1 N–H and O–H groups in total. The van der Waals surface area contributed by atoms with Crippen LogP contribution in [0.1, 0.15) is 19.3 Å². The summed E-state index contributed by atoms with van der Waals surface area (Å²) in [5.41, 5.74) is 0. The molecule has 1 amide bonds. The maximum Gasteiger partial charge on any atom is 0.407 e. The van der Waals surface area contributed by atoms with Gasteiger partial charge in [0.05, 0.1) is 0 Å². The third-order valence-corrected chi connectivity index (χ3v) is 2.06. The predicted molar refractivity (Wildman–Crippen MR) is 42.6 cm³/mol. The smallest absolute Gasteiger partial charge is 0.407 e. The van der Waals surface area contributed by atoms with E-state index < -0.39 is 6.09 Å². The fourth-order valence-corrected chi connectivity index (χ4v) is 1.52. The van der Waals surface area contributed by atoms with Gasteiger partial charge in [0.25, 0.3) is 0 Å². The van der Waals surface area contributed by atoms with Crippen LogP contribution in [-0.4, -0.2) is 28.7 Å². The molecule has 0 radical (unpaired) electrons. The maximum absolute atomic E-state index is 10.6. The molecule has 1 atom stereocenters. The molecule has 0 unspecified atom stereocenters. The number of rotatable bonds is 2. The zero-order valence-electron chi connectivity index (χ0n) is 6.49. The van der Waals surface area contributed by atoms with Gasteiger partial charge in [-0.3, -0.25) is 0 Å². The monoisotopic (exact) mass is 155 g/mol. The number of hydrogen-bond donors (Lipinski definition) is 1. The lowest BCUT2D eigenvalue weighted by Gasteiger charge is -2.19. The molecule has 1 saturated heterocycles. The molecule has 0 bridgehead atoms. The molecule has 1 aliphatic rings. The van der Waals surface area contributed by atoms with Gasteiger partial charge < -0.3 is 10.0 Å². The Balaban J connectivity index is 2.50. The van der Waals surface area contributed by atoms with E-state index in [0.29, 0.717) is 6.54 Å². The van der Waals surface area contributed by atoms with Crippen molar-refractivity contribution in [3.05, 3.63) is 12.7 Å².